The van der Waals surface area contributed by atoms with E-state index >= 15 is 0 Å². The third kappa shape index (κ3) is 3.48. The van der Waals surface area contributed by atoms with Gasteiger partial charge in [-0.05, 0) is 42.0 Å². The SMILES string of the molecule is COc1cccc(NC(=O)[C@H]2Oc3c(c(=O)oc4ccccc34)[C@H]2c2cc(OC)c3c(c2)OCO3)c1. The summed E-state index contributed by atoms with van der Waals surface area (Å²) in [6.45, 7) is 0.0411. The zero-order valence-corrected chi connectivity index (χ0v) is 19.4. The van der Waals surface area contributed by atoms with Crippen molar-refractivity contribution >= 4 is 22.6 Å². The molecular weight excluding hydrogens is 466 g/mol. The van der Waals surface area contributed by atoms with Crippen molar-refractivity contribution in [2.45, 2.75) is 12.0 Å². The molecule has 0 radical (unpaired) electrons. The van der Waals surface area contributed by atoms with E-state index in [1.165, 1.54) is 7.11 Å². The van der Waals surface area contributed by atoms with Crippen LogP contribution in [0.2, 0.25) is 0 Å². The lowest BCUT2D eigenvalue weighted by molar-refractivity contribution is -0.122. The Bertz CT molecular complexity index is 1560. The molecule has 0 aliphatic carbocycles. The number of methoxy groups -OCH3 is 2. The minimum Gasteiger partial charge on any atom is -0.497 e. The zero-order chi connectivity index (χ0) is 24.8. The Morgan fingerprint density at radius 2 is 1.83 bits per heavy atom. The van der Waals surface area contributed by atoms with E-state index in [0.29, 0.717) is 51.0 Å². The second kappa shape index (κ2) is 8.53. The Hall–Kier alpha value is -4.66. The van der Waals surface area contributed by atoms with Gasteiger partial charge in [0.1, 0.15) is 17.1 Å². The van der Waals surface area contributed by atoms with Gasteiger partial charge < -0.3 is 33.4 Å². The molecule has 2 atom stereocenters. The third-order valence-electron chi connectivity index (χ3n) is 6.29. The highest BCUT2D eigenvalue weighted by molar-refractivity contribution is 5.98. The highest BCUT2D eigenvalue weighted by Gasteiger charge is 2.45. The fourth-order valence-corrected chi connectivity index (χ4v) is 4.67. The van der Waals surface area contributed by atoms with Gasteiger partial charge >= 0.3 is 5.63 Å². The summed E-state index contributed by atoms with van der Waals surface area (Å²) < 4.78 is 33.7. The Kier molecular flexibility index (Phi) is 5.18. The van der Waals surface area contributed by atoms with Crippen LogP contribution in [0, 0.1) is 0 Å². The van der Waals surface area contributed by atoms with Crippen LogP contribution in [-0.2, 0) is 4.79 Å². The number of fused-ring (bicyclic) bond motifs is 4. The second-order valence-corrected chi connectivity index (χ2v) is 8.32. The third-order valence-corrected chi connectivity index (χ3v) is 6.29. The molecule has 36 heavy (non-hydrogen) atoms. The summed E-state index contributed by atoms with van der Waals surface area (Å²) in [5.41, 5.74) is 1.15. The highest BCUT2D eigenvalue weighted by Crippen LogP contribution is 2.49. The summed E-state index contributed by atoms with van der Waals surface area (Å²) in [6, 6.07) is 17.5. The smallest absolute Gasteiger partial charge is 0.344 e. The van der Waals surface area contributed by atoms with Crippen molar-refractivity contribution in [2.75, 3.05) is 26.3 Å². The maximum atomic E-state index is 13.6. The number of para-hydroxylation sites is 1. The van der Waals surface area contributed by atoms with Crippen LogP contribution in [0.5, 0.6) is 28.7 Å². The van der Waals surface area contributed by atoms with E-state index < -0.39 is 23.6 Å². The molecule has 3 heterocycles. The van der Waals surface area contributed by atoms with Gasteiger partial charge in [0.2, 0.25) is 12.5 Å². The van der Waals surface area contributed by atoms with Crippen LogP contribution in [0.4, 0.5) is 5.69 Å². The number of carbonyl (C=O) groups is 1. The first-order chi connectivity index (χ1) is 17.6. The van der Waals surface area contributed by atoms with Crippen LogP contribution in [0.1, 0.15) is 17.0 Å². The maximum absolute atomic E-state index is 13.6. The molecule has 182 valence electrons. The van der Waals surface area contributed by atoms with Gasteiger partial charge in [0.25, 0.3) is 5.91 Å². The molecule has 0 saturated carbocycles. The molecule has 0 fully saturated rings. The molecule has 0 unspecified atom stereocenters. The number of hydrogen-bond donors (Lipinski definition) is 1. The number of anilines is 1. The fourth-order valence-electron chi connectivity index (χ4n) is 4.67. The van der Waals surface area contributed by atoms with Crippen LogP contribution in [0.3, 0.4) is 0 Å². The number of carbonyl (C=O) groups excluding carboxylic acids is 1. The molecule has 3 aromatic carbocycles. The number of nitrogens with one attached hydrogen (secondary N) is 1. The van der Waals surface area contributed by atoms with Crippen molar-refractivity contribution < 1.29 is 32.9 Å². The largest absolute Gasteiger partial charge is 0.497 e. The van der Waals surface area contributed by atoms with Gasteiger partial charge in [-0.3, -0.25) is 4.79 Å². The molecule has 0 saturated heterocycles. The average molecular weight is 487 g/mol. The lowest BCUT2D eigenvalue weighted by Gasteiger charge is -2.20. The first kappa shape index (κ1) is 21.8. The van der Waals surface area contributed by atoms with Gasteiger partial charge in [0, 0.05) is 11.8 Å². The Labute approximate surface area is 205 Å². The van der Waals surface area contributed by atoms with E-state index in [1.807, 2.05) is 6.07 Å². The number of rotatable bonds is 5. The predicted octanol–water partition coefficient (Wildman–Crippen LogP) is 4.07. The Morgan fingerprint density at radius 1 is 0.972 bits per heavy atom. The Morgan fingerprint density at radius 3 is 2.67 bits per heavy atom. The van der Waals surface area contributed by atoms with Crippen molar-refractivity contribution in [1.29, 1.82) is 0 Å². The van der Waals surface area contributed by atoms with Crippen molar-refractivity contribution in [3.05, 3.63) is 82.2 Å². The quantitative estimate of drug-likeness (QED) is 0.420. The summed E-state index contributed by atoms with van der Waals surface area (Å²) in [5, 5.41) is 3.48. The fraction of sp³-hybridized carbons (Fsp3) is 0.185. The van der Waals surface area contributed by atoms with Crippen LogP contribution in [-0.4, -0.2) is 33.0 Å². The van der Waals surface area contributed by atoms with E-state index in [9.17, 15) is 9.59 Å². The molecule has 9 heteroatoms. The topological polar surface area (TPSA) is 105 Å². The lowest BCUT2D eigenvalue weighted by Crippen LogP contribution is -2.35. The van der Waals surface area contributed by atoms with E-state index in [4.69, 9.17) is 28.1 Å². The second-order valence-electron chi connectivity index (χ2n) is 8.32. The van der Waals surface area contributed by atoms with Gasteiger partial charge in [0.05, 0.1) is 31.1 Å². The van der Waals surface area contributed by atoms with Crippen molar-refractivity contribution in [1.82, 2.24) is 0 Å². The Balaban J connectivity index is 1.50. The van der Waals surface area contributed by atoms with Gasteiger partial charge in [-0.15, -0.1) is 0 Å². The van der Waals surface area contributed by atoms with Crippen LogP contribution in [0.15, 0.2) is 69.9 Å². The maximum Gasteiger partial charge on any atom is 0.344 e. The number of amides is 1. The predicted molar refractivity (Wildman–Crippen MR) is 129 cm³/mol. The van der Waals surface area contributed by atoms with E-state index in [1.54, 1.807) is 61.7 Å². The standard InChI is InChI=1S/C27H21NO8/c1-31-16-7-5-6-15(12-16)28-26(29)25-21(14-10-19(32-2)24-20(11-14)33-13-34-24)22-23(36-25)17-8-3-4-9-18(17)35-27(22)30/h3-12,21,25H,13H2,1-2H3,(H,28,29)/t21-,25+/m1/s1. The molecule has 2 aliphatic rings. The van der Waals surface area contributed by atoms with E-state index in [0.717, 1.165) is 0 Å². The molecule has 6 rings (SSSR count). The first-order valence-corrected chi connectivity index (χ1v) is 11.2. The van der Waals surface area contributed by atoms with Gasteiger partial charge in [-0.2, -0.15) is 0 Å². The molecule has 1 aromatic heterocycles. The summed E-state index contributed by atoms with van der Waals surface area (Å²) in [7, 11) is 3.06. The van der Waals surface area contributed by atoms with Gasteiger partial charge in [0.15, 0.2) is 17.6 Å². The van der Waals surface area contributed by atoms with Crippen LogP contribution in [0.25, 0.3) is 11.0 Å². The summed E-state index contributed by atoms with van der Waals surface area (Å²) in [6.07, 6.45) is -1.08. The van der Waals surface area contributed by atoms with Crippen molar-refractivity contribution in [3.63, 3.8) is 0 Å². The molecule has 9 nitrogen and oxygen atoms in total. The molecule has 0 bridgehead atoms. The summed E-state index contributed by atoms with van der Waals surface area (Å²) in [5.74, 6) is 1.00. The average Bonchev–Trinajstić information content (AvgIpc) is 3.54. The molecule has 4 aromatic rings. The van der Waals surface area contributed by atoms with E-state index in [-0.39, 0.29) is 12.4 Å². The molecule has 1 amide bonds. The van der Waals surface area contributed by atoms with Crippen molar-refractivity contribution in [2.24, 2.45) is 0 Å². The normalized spacial score (nSPS) is 17.4. The van der Waals surface area contributed by atoms with Gasteiger partial charge in [-0.25, -0.2) is 4.79 Å². The summed E-state index contributed by atoms with van der Waals surface area (Å²) in [4.78, 5) is 26.8. The molecule has 2 aliphatic heterocycles. The van der Waals surface area contributed by atoms with Gasteiger partial charge in [-0.1, -0.05) is 18.2 Å². The van der Waals surface area contributed by atoms with Crippen LogP contribution >= 0.6 is 0 Å². The minimum absolute atomic E-state index is 0.0411. The zero-order valence-electron chi connectivity index (χ0n) is 19.4. The number of hydrogen-bond acceptors (Lipinski definition) is 8. The number of ether oxygens (including phenoxy) is 5. The van der Waals surface area contributed by atoms with E-state index in [2.05, 4.69) is 5.32 Å². The van der Waals surface area contributed by atoms with Crippen molar-refractivity contribution in [3.8, 4) is 28.7 Å². The summed E-state index contributed by atoms with van der Waals surface area (Å²) >= 11 is 0. The number of benzene rings is 3. The molecular formula is C27H21NO8. The first-order valence-electron chi connectivity index (χ1n) is 11.2. The molecule has 0 spiro atoms. The lowest BCUT2D eigenvalue weighted by atomic mass is 9.87. The highest BCUT2D eigenvalue weighted by atomic mass is 16.7. The monoisotopic (exact) mass is 487 g/mol. The molecule has 1 N–H and O–H groups in total. The minimum atomic E-state index is -1.08. The van der Waals surface area contributed by atoms with Crippen LogP contribution < -0.4 is 34.6 Å².